The van der Waals surface area contributed by atoms with Gasteiger partial charge in [-0.15, -0.1) is 0 Å². The van der Waals surface area contributed by atoms with E-state index < -0.39 is 17.6 Å². The molecule has 0 unspecified atom stereocenters. The second kappa shape index (κ2) is 9.50. The smallest absolute Gasteiger partial charge is 0.344 e. The number of fused-ring (bicyclic) bond motifs is 1. The lowest BCUT2D eigenvalue weighted by molar-refractivity contribution is -0.144. The summed E-state index contributed by atoms with van der Waals surface area (Å²) in [4.78, 5) is 35.0. The molecule has 0 saturated carbocycles. The zero-order valence-corrected chi connectivity index (χ0v) is 20.3. The van der Waals surface area contributed by atoms with Crippen molar-refractivity contribution < 1.29 is 14.6 Å². The number of anilines is 3. The number of nitrogens with one attached hydrogen (secondary N) is 1. The van der Waals surface area contributed by atoms with Gasteiger partial charge in [-0.2, -0.15) is 4.98 Å². The van der Waals surface area contributed by atoms with Crippen molar-refractivity contribution in [1.29, 1.82) is 0 Å². The number of halogens is 1. The number of aliphatic carboxylic acids is 1. The zero-order chi connectivity index (χ0) is 24.6. The second-order valence-corrected chi connectivity index (χ2v) is 9.49. The van der Waals surface area contributed by atoms with E-state index in [-0.39, 0.29) is 5.75 Å². The van der Waals surface area contributed by atoms with Gasteiger partial charge in [0.05, 0.1) is 11.7 Å². The Morgan fingerprint density at radius 3 is 2.65 bits per heavy atom. The summed E-state index contributed by atoms with van der Waals surface area (Å²) in [6.45, 7) is 7.63. The molecule has 10 heteroatoms. The maximum Gasteiger partial charge on any atom is 0.344 e. The Balaban J connectivity index is 1.65. The number of aromatic nitrogens is 3. The molecule has 1 aliphatic heterocycles. The molecule has 0 spiro atoms. The first-order valence-electron chi connectivity index (χ1n) is 11.2. The summed E-state index contributed by atoms with van der Waals surface area (Å²) in [7, 11) is 1.62. The van der Waals surface area contributed by atoms with E-state index in [1.54, 1.807) is 25.4 Å². The standard InChI is InChI=1S/C24H28ClN5O4/c1-13-7-14(2)12-30(11-13)24-26-10-18(25)21(28-24)27-17-5-6-19-16(8-17)9-20(22(31)29(19)4)34-15(3)23(32)33/h5-6,8-10,13-15H,7,11-12H2,1-4H3,(H,32,33)(H,26,27,28)/t13-,14+,15-/m1/s1. The zero-order valence-electron chi connectivity index (χ0n) is 19.6. The van der Waals surface area contributed by atoms with E-state index in [0.29, 0.717) is 45.2 Å². The van der Waals surface area contributed by atoms with Gasteiger partial charge in [0.2, 0.25) is 5.95 Å². The highest BCUT2D eigenvalue weighted by molar-refractivity contribution is 6.32. The van der Waals surface area contributed by atoms with Crippen LogP contribution in [0.4, 0.5) is 17.5 Å². The van der Waals surface area contributed by atoms with Crippen molar-refractivity contribution in [3.8, 4) is 5.75 Å². The molecule has 1 saturated heterocycles. The molecule has 34 heavy (non-hydrogen) atoms. The van der Waals surface area contributed by atoms with Crippen molar-refractivity contribution in [2.75, 3.05) is 23.3 Å². The second-order valence-electron chi connectivity index (χ2n) is 9.09. The molecule has 1 aromatic carbocycles. The molecule has 2 N–H and O–H groups in total. The van der Waals surface area contributed by atoms with Crippen LogP contribution in [-0.2, 0) is 11.8 Å². The molecule has 4 rings (SSSR count). The minimum Gasteiger partial charge on any atom is -0.479 e. The van der Waals surface area contributed by atoms with Gasteiger partial charge in [-0.05, 0) is 49.4 Å². The predicted molar refractivity (Wildman–Crippen MR) is 132 cm³/mol. The normalized spacial score (nSPS) is 19.1. The van der Waals surface area contributed by atoms with Gasteiger partial charge in [-0.3, -0.25) is 4.79 Å². The SMILES string of the molecule is C[C@@H]1C[C@H](C)CN(c2ncc(Cl)c(Nc3ccc4c(c3)cc(O[C@H](C)C(=O)O)c(=O)n4C)n2)C1. The van der Waals surface area contributed by atoms with Gasteiger partial charge in [0.1, 0.15) is 5.02 Å². The molecule has 1 fully saturated rings. The quantitative estimate of drug-likeness (QED) is 0.538. The molecule has 0 radical (unpaired) electrons. The number of ether oxygens (including phenoxy) is 1. The molecule has 1 aliphatic rings. The summed E-state index contributed by atoms with van der Waals surface area (Å²) < 4.78 is 6.80. The molecule has 3 aromatic rings. The minimum atomic E-state index is -1.15. The van der Waals surface area contributed by atoms with Crippen LogP contribution in [-0.4, -0.2) is 44.8 Å². The molecule has 3 atom stereocenters. The number of benzene rings is 1. The van der Waals surface area contributed by atoms with Gasteiger partial charge < -0.3 is 24.6 Å². The molecule has 2 aromatic heterocycles. The number of carboxylic acid groups (broad SMARTS) is 1. The number of carboxylic acids is 1. The predicted octanol–water partition coefficient (Wildman–Crippen LogP) is 4.06. The largest absolute Gasteiger partial charge is 0.479 e. The summed E-state index contributed by atoms with van der Waals surface area (Å²) in [5.41, 5.74) is 0.974. The topological polar surface area (TPSA) is 110 Å². The number of rotatable bonds is 6. The van der Waals surface area contributed by atoms with Crippen LogP contribution in [0.15, 0.2) is 35.3 Å². The van der Waals surface area contributed by atoms with Gasteiger partial charge in [0.15, 0.2) is 17.7 Å². The summed E-state index contributed by atoms with van der Waals surface area (Å²) in [5.74, 6) is 1.06. The fraction of sp³-hybridized carbons (Fsp3) is 0.417. The van der Waals surface area contributed by atoms with Crippen molar-refractivity contribution >= 4 is 45.9 Å². The average molecular weight is 486 g/mol. The minimum absolute atomic E-state index is 0.0299. The number of hydrogen-bond donors (Lipinski definition) is 2. The van der Waals surface area contributed by atoms with Gasteiger partial charge in [0, 0.05) is 31.2 Å². The summed E-state index contributed by atoms with van der Waals surface area (Å²) in [5, 5.41) is 13.5. The number of hydrogen-bond acceptors (Lipinski definition) is 7. The fourth-order valence-corrected chi connectivity index (χ4v) is 4.56. The van der Waals surface area contributed by atoms with E-state index in [0.717, 1.165) is 13.1 Å². The summed E-state index contributed by atoms with van der Waals surface area (Å²) >= 11 is 6.39. The van der Waals surface area contributed by atoms with Crippen LogP contribution >= 0.6 is 11.6 Å². The van der Waals surface area contributed by atoms with E-state index in [1.165, 1.54) is 17.9 Å². The van der Waals surface area contributed by atoms with Gasteiger partial charge >= 0.3 is 5.97 Å². The molecule has 0 amide bonds. The first-order chi connectivity index (χ1) is 16.1. The molecular weight excluding hydrogens is 458 g/mol. The van der Waals surface area contributed by atoms with Crippen molar-refractivity contribution in [2.45, 2.75) is 33.3 Å². The highest BCUT2D eigenvalue weighted by Gasteiger charge is 2.24. The maximum absolute atomic E-state index is 12.6. The Morgan fingerprint density at radius 1 is 1.26 bits per heavy atom. The summed E-state index contributed by atoms with van der Waals surface area (Å²) in [6.07, 6.45) is 1.64. The third-order valence-electron chi connectivity index (χ3n) is 5.99. The van der Waals surface area contributed by atoms with Crippen LogP contribution in [0.2, 0.25) is 5.02 Å². The average Bonchev–Trinajstić information content (AvgIpc) is 2.78. The lowest BCUT2D eigenvalue weighted by Gasteiger charge is -2.35. The first kappa shape index (κ1) is 23.8. The van der Waals surface area contributed by atoms with E-state index in [2.05, 4.69) is 34.0 Å². The monoisotopic (exact) mass is 485 g/mol. The Morgan fingerprint density at radius 2 is 1.97 bits per heavy atom. The number of carbonyl (C=O) groups is 1. The van der Waals surface area contributed by atoms with E-state index in [1.807, 2.05) is 12.1 Å². The molecule has 0 aliphatic carbocycles. The van der Waals surface area contributed by atoms with Crippen molar-refractivity contribution in [1.82, 2.24) is 14.5 Å². The lowest BCUT2D eigenvalue weighted by Crippen LogP contribution is -2.39. The number of aryl methyl sites for hydroxylation is 1. The van der Waals surface area contributed by atoms with Crippen LogP contribution in [0.25, 0.3) is 10.9 Å². The van der Waals surface area contributed by atoms with E-state index in [4.69, 9.17) is 21.4 Å². The van der Waals surface area contributed by atoms with Crippen LogP contribution < -0.4 is 20.5 Å². The third kappa shape index (κ3) is 4.94. The van der Waals surface area contributed by atoms with E-state index >= 15 is 0 Å². The molecular formula is C24H28ClN5O4. The first-order valence-corrected chi connectivity index (χ1v) is 11.6. The third-order valence-corrected chi connectivity index (χ3v) is 6.26. The highest BCUT2D eigenvalue weighted by Crippen LogP contribution is 2.30. The number of pyridine rings is 1. The Bertz CT molecular complexity index is 1280. The Kier molecular flexibility index (Phi) is 6.65. The Labute approximate surface area is 202 Å². The highest BCUT2D eigenvalue weighted by atomic mass is 35.5. The van der Waals surface area contributed by atoms with Crippen LogP contribution in [0, 0.1) is 11.8 Å². The number of piperidine rings is 1. The van der Waals surface area contributed by atoms with Crippen molar-refractivity contribution in [2.24, 2.45) is 18.9 Å². The van der Waals surface area contributed by atoms with Crippen molar-refractivity contribution in [3.05, 3.63) is 45.8 Å². The van der Waals surface area contributed by atoms with Gasteiger partial charge in [-0.1, -0.05) is 25.4 Å². The van der Waals surface area contributed by atoms with Gasteiger partial charge in [-0.25, -0.2) is 9.78 Å². The molecule has 0 bridgehead atoms. The van der Waals surface area contributed by atoms with Crippen LogP contribution in [0.5, 0.6) is 5.75 Å². The van der Waals surface area contributed by atoms with E-state index in [9.17, 15) is 9.59 Å². The van der Waals surface area contributed by atoms with Crippen LogP contribution in [0.3, 0.4) is 0 Å². The lowest BCUT2D eigenvalue weighted by atomic mass is 9.92. The Hall–Kier alpha value is -3.33. The molecule has 180 valence electrons. The summed E-state index contributed by atoms with van der Waals surface area (Å²) in [6, 6.07) is 7.00. The van der Waals surface area contributed by atoms with Gasteiger partial charge in [0.25, 0.3) is 5.56 Å². The molecule has 9 nitrogen and oxygen atoms in total. The fourth-order valence-electron chi connectivity index (χ4n) is 4.42. The van der Waals surface area contributed by atoms with Crippen molar-refractivity contribution in [3.63, 3.8) is 0 Å². The van der Waals surface area contributed by atoms with Crippen LogP contribution in [0.1, 0.15) is 27.2 Å². The number of nitrogens with zero attached hydrogens (tertiary/aromatic N) is 4. The maximum atomic E-state index is 12.6. The molecule has 3 heterocycles.